The van der Waals surface area contributed by atoms with Gasteiger partial charge < -0.3 is 14.6 Å². The van der Waals surface area contributed by atoms with Crippen LogP contribution in [0.25, 0.3) is 0 Å². The van der Waals surface area contributed by atoms with Crippen LogP contribution in [0.2, 0.25) is 0 Å². The highest BCUT2D eigenvalue weighted by molar-refractivity contribution is 5.78. The van der Waals surface area contributed by atoms with Gasteiger partial charge in [-0.1, -0.05) is 24.0 Å². The molecule has 31 heavy (non-hydrogen) atoms. The van der Waals surface area contributed by atoms with Crippen LogP contribution < -0.4 is 15.6 Å². The number of halogens is 2. The van der Waals surface area contributed by atoms with Crippen molar-refractivity contribution in [2.45, 2.75) is 51.1 Å². The quantitative estimate of drug-likeness (QED) is 0.722. The van der Waals surface area contributed by atoms with Crippen LogP contribution in [-0.4, -0.2) is 29.0 Å². The first-order chi connectivity index (χ1) is 14.8. The second-order valence-electron chi connectivity index (χ2n) is 8.31. The second kappa shape index (κ2) is 8.54. The van der Waals surface area contributed by atoms with Crippen molar-refractivity contribution in [1.29, 1.82) is 0 Å². The number of carbonyl (C=O) groups is 1. The molecule has 1 amide bonds. The van der Waals surface area contributed by atoms with Crippen LogP contribution in [0.1, 0.15) is 42.5 Å². The van der Waals surface area contributed by atoms with Gasteiger partial charge in [0.15, 0.2) is 6.61 Å². The van der Waals surface area contributed by atoms with Crippen molar-refractivity contribution in [3.8, 4) is 17.6 Å². The fourth-order valence-electron chi connectivity index (χ4n) is 3.46. The number of alkyl halides is 2. The molecule has 2 saturated carbocycles. The zero-order chi connectivity index (χ0) is 22.0. The highest BCUT2D eigenvalue weighted by atomic mass is 19.3. The molecule has 0 atom stereocenters. The third-order valence-electron chi connectivity index (χ3n) is 5.43. The fraction of sp³-hybridized carbons (Fsp3) is 0.417. The molecule has 0 saturated heterocycles. The number of pyridine rings is 1. The molecule has 1 N–H and O–H groups in total. The van der Waals surface area contributed by atoms with E-state index in [-0.39, 0.29) is 30.8 Å². The molecular weight excluding hydrogens is 402 g/mol. The van der Waals surface area contributed by atoms with Crippen LogP contribution in [0, 0.1) is 24.7 Å². The average molecular weight is 426 g/mol. The number of aryl methyl sites for hydroxylation is 1. The number of carbonyl (C=O) groups excluding carboxylic acids is 1. The minimum atomic E-state index is -2.69. The van der Waals surface area contributed by atoms with Gasteiger partial charge >= 0.3 is 0 Å². The molecule has 0 aliphatic heterocycles. The third-order valence-corrected chi connectivity index (χ3v) is 5.43. The van der Waals surface area contributed by atoms with Crippen LogP contribution in [0.3, 0.4) is 0 Å². The number of benzene rings is 1. The molecule has 0 bridgehead atoms. The van der Waals surface area contributed by atoms with E-state index in [1.165, 1.54) is 18.9 Å². The summed E-state index contributed by atoms with van der Waals surface area (Å²) in [6.45, 7) is 1.88. The number of ether oxygens (including phenoxy) is 1. The molecule has 162 valence electrons. The molecule has 4 rings (SSSR count). The standard InChI is InChI=1S/C24H24F2N2O3/c1-16-10-21(31-15-22(29)27-20-12-24(25,26)13-20)11-23(30)28(16)14-19-8-6-18(7-9-19)5-4-17-2-3-17/h6-11,17,20H,2-3,12-15H2,1H3,(H,27,29). The molecule has 0 spiro atoms. The first-order valence-electron chi connectivity index (χ1n) is 10.4. The molecule has 5 nitrogen and oxygen atoms in total. The largest absolute Gasteiger partial charge is 0.484 e. The summed E-state index contributed by atoms with van der Waals surface area (Å²) in [5.74, 6) is 4.05. The van der Waals surface area contributed by atoms with E-state index in [0.717, 1.165) is 11.1 Å². The summed E-state index contributed by atoms with van der Waals surface area (Å²) in [5.41, 5.74) is 2.39. The maximum absolute atomic E-state index is 12.8. The molecule has 0 radical (unpaired) electrons. The lowest BCUT2D eigenvalue weighted by Gasteiger charge is -2.35. The maximum Gasteiger partial charge on any atom is 0.258 e. The number of hydrogen-bond donors (Lipinski definition) is 1. The van der Waals surface area contributed by atoms with E-state index >= 15 is 0 Å². The van der Waals surface area contributed by atoms with E-state index in [4.69, 9.17) is 4.74 Å². The molecule has 2 aliphatic carbocycles. The molecule has 1 aromatic carbocycles. The molecule has 7 heteroatoms. The predicted octanol–water partition coefficient (Wildman–Crippen LogP) is 3.26. The monoisotopic (exact) mass is 426 g/mol. The Morgan fingerprint density at radius 2 is 1.94 bits per heavy atom. The SMILES string of the molecule is Cc1cc(OCC(=O)NC2CC(F)(F)C2)cc(=O)n1Cc1ccc(C#CC2CC2)cc1. The van der Waals surface area contributed by atoms with Crippen molar-refractivity contribution in [1.82, 2.24) is 9.88 Å². The number of hydrogen-bond acceptors (Lipinski definition) is 3. The van der Waals surface area contributed by atoms with Gasteiger partial charge in [-0.3, -0.25) is 9.59 Å². The Hall–Kier alpha value is -3.14. The zero-order valence-corrected chi connectivity index (χ0v) is 17.3. The van der Waals surface area contributed by atoms with E-state index in [1.54, 1.807) is 17.6 Å². The van der Waals surface area contributed by atoms with Crippen LogP contribution >= 0.6 is 0 Å². The highest BCUT2D eigenvalue weighted by Gasteiger charge is 2.45. The Bertz CT molecular complexity index is 1080. The Balaban J connectivity index is 1.33. The summed E-state index contributed by atoms with van der Waals surface area (Å²) in [5, 5.41) is 2.50. The molecular formula is C24H24F2N2O3. The smallest absolute Gasteiger partial charge is 0.258 e. The van der Waals surface area contributed by atoms with E-state index in [9.17, 15) is 18.4 Å². The van der Waals surface area contributed by atoms with Crippen molar-refractivity contribution >= 4 is 5.91 Å². The zero-order valence-electron chi connectivity index (χ0n) is 17.3. The van der Waals surface area contributed by atoms with Gasteiger partial charge in [0.2, 0.25) is 0 Å². The lowest BCUT2D eigenvalue weighted by atomic mass is 9.88. The number of nitrogens with one attached hydrogen (secondary N) is 1. The first-order valence-corrected chi connectivity index (χ1v) is 10.4. The normalized spacial score (nSPS) is 17.3. The Kier molecular flexibility index (Phi) is 5.81. The van der Waals surface area contributed by atoms with E-state index in [2.05, 4.69) is 17.2 Å². The van der Waals surface area contributed by atoms with Crippen LogP contribution in [0.5, 0.6) is 5.75 Å². The van der Waals surface area contributed by atoms with Gasteiger partial charge in [0.25, 0.3) is 17.4 Å². The number of amides is 1. The second-order valence-corrected chi connectivity index (χ2v) is 8.31. The van der Waals surface area contributed by atoms with Gasteiger partial charge in [-0.15, -0.1) is 0 Å². The van der Waals surface area contributed by atoms with Gasteiger partial charge in [-0.25, -0.2) is 8.78 Å². The summed E-state index contributed by atoms with van der Waals surface area (Å²) in [6, 6.07) is 10.3. The minimum Gasteiger partial charge on any atom is -0.484 e. The number of nitrogens with zero attached hydrogens (tertiary/aromatic N) is 1. The molecule has 2 fully saturated rings. The van der Waals surface area contributed by atoms with Crippen molar-refractivity contribution < 1.29 is 18.3 Å². The average Bonchev–Trinajstić information content (AvgIpc) is 3.51. The number of aromatic nitrogens is 1. The van der Waals surface area contributed by atoms with Crippen LogP contribution in [0.4, 0.5) is 8.78 Å². The lowest BCUT2D eigenvalue weighted by Crippen LogP contribution is -2.51. The molecule has 1 heterocycles. The van der Waals surface area contributed by atoms with E-state index in [1.807, 2.05) is 24.3 Å². The summed E-state index contributed by atoms with van der Waals surface area (Å²) < 4.78 is 32.7. The summed E-state index contributed by atoms with van der Waals surface area (Å²) >= 11 is 0. The van der Waals surface area contributed by atoms with Crippen molar-refractivity contribution in [2.24, 2.45) is 5.92 Å². The summed E-state index contributed by atoms with van der Waals surface area (Å²) in [4.78, 5) is 24.4. The van der Waals surface area contributed by atoms with Crippen molar-refractivity contribution in [3.05, 3.63) is 63.6 Å². The third kappa shape index (κ3) is 5.72. The minimum absolute atomic E-state index is 0.244. The summed E-state index contributed by atoms with van der Waals surface area (Å²) in [7, 11) is 0. The lowest BCUT2D eigenvalue weighted by molar-refractivity contribution is -0.131. The van der Waals surface area contributed by atoms with Crippen molar-refractivity contribution in [2.75, 3.05) is 6.61 Å². The Morgan fingerprint density at radius 1 is 1.23 bits per heavy atom. The number of rotatable bonds is 6. The fourth-order valence-corrected chi connectivity index (χ4v) is 3.46. The van der Waals surface area contributed by atoms with Crippen LogP contribution in [-0.2, 0) is 11.3 Å². The molecule has 1 aromatic heterocycles. The molecule has 2 aliphatic rings. The van der Waals surface area contributed by atoms with E-state index in [0.29, 0.717) is 18.2 Å². The van der Waals surface area contributed by atoms with Gasteiger partial charge in [0.05, 0.1) is 6.54 Å². The highest BCUT2D eigenvalue weighted by Crippen LogP contribution is 2.37. The van der Waals surface area contributed by atoms with Gasteiger partial charge in [0.1, 0.15) is 5.75 Å². The van der Waals surface area contributed by atoms with Crippen molar-refractivity contribution in [3.63, 3.8) is 0 Å². The Labute approximate surface area is 179 Å². The Morgan fingerprint density at radius 3 is 2.55 bits per heavy atom. The topological polar surface area (TPSA) is 60.3 Å². The maximum atomic E-state index is 12.8. The molecule has 2 aromatic rings. The van der Waals surface area contributed by atoms with Crippen LogP contribution in [0.15, 0.2) is 41.2 Å². The predicted molar refractivity (Wildman–Crippen MR) is 112 cm³/mol. The van der Waals surface area contributed by atoms with Gasteiger partial charge in [0, 0.05) is 42.1 Å². The van der Waals surface area contributed by atoms with E-state index < -0.39 is 17.9 Å². The molecule has 0 unspecified atom stereocenters. The summed E-state index contributed by atoms with van der Waals surface area (Å²) in [6.07, 6.45) is 1.69. The van der Waals surface area contributed by atoms with Gasteiger partial charge in [-0.2, -0.15) is 0 Å². The first kappa shape index (κ1) is 21.1. The van der Waals surface area contributed by atoms with Gasteiger partial charge in [-0.05, 0) is 43.5 Å².